The molecule has 0 amide bonds. The van der Waals surface area contributed by atoms with Gasteiger partial charge in [0.1, 0.15) is 11.7 Å². The highest BCUT2D eigenvalue weighted by molar-refractivity contribution is 7.13. The van der Waals surface area contributed by atoms with Crippen LogP contribution in [0.15, 0.2) is 35.1 Å². The summed E-state index contributed by atoms with van der Waals surface area (Å²) in [6.45, 7) is 4.70. The predicted molar refractivity (Wildman–Crippen MR) is 77.3 cm³/mol. The molecule has 2 heterocycles. The van der Waals surface area contributed by atoms with E-state index in [2.05, 4.69) is 20.8 Å². The van der Waals surface area contributed by atoms with E-state index in [0.717, 1.165) is 23.7 Å². The topological polar surface area (TPSA) is 76.4 Å². The molecule has 0 bridgehead atoms. The van der Waals surface area contributed by atoms with Gasteiger partial charge in [-0.2, -0.15) is 0 Å². The number of nitrogens with zero attached hydrogens (tertiary/aromatic N) is 3. The van der Waals surface area contributed by atoms with Crippen LogP contribution in [0.25, 0.3) is 10.7 Å². The van der Waals surface area contributed by atoms with E-state index in [9.17, 15) is 0 Å². The minimum Gasteiger partial charge on any atom is -0.409 e. The van der Waals surface area contributed by atoms with Crippen molar-refractivity contribution in [3.05, 3.63) is 29.9 Å². The van der Waals surface area contributed by atoms with Gasteiger partial charge in [-0.1, -0.05) is 25.1 Å². The van der Waals surface area contributed by atoms with E-state index in [0.29, 0.717) is 0 Å². The van der Waals surface area contributed by atoms with Gasteiger partial charge in [0.25, 0.3) is 0 Å². The Kier molecular flexibility index (Phi) is 3.90. The molecule has 0 aliphatic heterocycles. The highest BCUT2D eigenvalue weighted by Crippen LogP contribution is 2.26. The van der Waals surface area contributed by atoms with Crippen molar-refractivity contribution in [2.24, 2.45) is 16.3 Å². The third kappa shape index (κ3) is 2.96. The smallest absolute Gasteiger partial charge is 0.149 e. The van der Waals surface area contributed by atoms with Crippen molar-refractivity contribution in [1.82, 2.24) is 9.55 Å². The summed E-state index contributed by atoms with van der Waals surface area (Å²) in [5.74, 6) is 1.22. The van der Waals surface area contributed by atoms with Gasteiger partial charge < -0.3 is 15.5 Å². The first-order chi connectivity index (χ1) is 9.04. The molecule has 102 valence electrons. The molecule has 0 radical (unpaired) electrons. The van der Waals surface area contributed by atoms with Gasteiger partial charge in [0.05, 0.1) is 4.88 Å². The molecule has 0 aliphatic rings. The van der Waals surface area contributed by atoms with Crippen molar-refractivity contribution in [2.45, 2.75) is 26.8 Å². The molecule has 0 saturated carbocycles. The number of hydrogen-bond donors (Lipinski definition) is 2. The van der Waals surface area contributed by atoms with E-state index in [4.69, 9.17) is 10.9 Å². The predicted octanol–water partition coefficient (Wildman–Crippen LogP) is 2.77. The van der Waals surface area contributed by atoms with Crippen LogP contribution >= 0.6 is 11.3 Å². The van der Waals surface area contributed by atoms with Gasteiger partial charge in [0, 0.05) is 24.4 Å². The molecule has 0 fully saturated rings. The van der Waals surface area contributed by atoms with Crippen molar-refractivity contribution in [3.63, 3.8) is 0 Å². The van der Waals surface area contributed by atoms with Crippen LogP contribution in [0.2, 0.25) is 0 Å². The number of imidazole rings is 1. The lowest BCUT2D eigenvalue weighted by molar-refractivity contribution is 0.303. The quantitative estimate of drug-likeness (QED) is 0.382. The Morgan fingerprint density at radius 2 is 2.37 bits per heavy atom. The van der Waals surface area contributed by atoms with E-state index >= 15 is 0 Å². The summed E-state index contributed by atoms with van der Waals surface area (Å²) in [6.07, 6.45) is 4.53. The average Bonchev–Trinajstić information content (AvgIpc) is 3.05. The number of nitrogens with two attached hydrogens (primary N) is 1. The number of hydrogen-bond acceptors (Lipinski definition) is 4. The van der Waals surface area contributed by atoms with Crippen molar-refractivity contribution in [2.75, 3.05) is 0 Å². The lowest BCUT2D eigenvalue weighted by atomic mass is 9.88. The summed E-state index contributed by atoms with van der Waals surface area (Å²) in [4.78, 5) is 5.53. The molecule has 0 spiro atoms. The molecule has 0 atom stereocenters. The van der Waals surface area contributed by atoms with E-state index in [1.807, 2.05) is 31.5 Å². The third-order valence-electron chi connectivity index (χ3n) is 3.24. The largest absolute Gasteiger partial charge is 0.409 e. The zero-order valence-corrected chi connectivity index (χ0v) is 11.9. The van der Waals surface area contributed by atoms with E-state index < -0.39 is 0 Å². The molecular formula is C13H18N4OS. The number of aromatic nitrogens is 2. The Morgan fingerprint density at radius 3 is 3.00 bits per heavy atom. The van der Waals surface area contributed by atoms with Gasteiger partial charge in [-0.3, -0.25) is 0 Å². The fraction of sp³-hybridized carbons (Fsp3) is 0.385. The first kappa shape index (κ1) is 13.6. The first-order valence-corrected chi connectivity index (χ1v) is 6.95. The monoisotopic (exact) mass is 278 g/mol. The van der Waals surface area contributed by atoms with Crippen molar-refractivity contribution in [1.29, 1.82) is 0 Å². The second-order valence-electron chi connectivity index (χ2n) is 5.04. The fourth-order valence-electron chi connectivity index (χ4n) is 1.78. The molecule has 19 heavy (non-hydrogen) atoms. The maximum absolute atomic E-state index is 8.78. The van der Waals surface area contributed by atoms with Crippen molar-refractivity contribution >= 4 is 17.2 Å². The van der Waals surface area contributed by atoms with Crippen LogP contribution in [0, 0.1) is 5.41 Å². The lowest BCUT2D eigenvalue weighted by Gasteiger charge is -2.23. The molecule has 2 aromatic heterocycles. The molecule has 0 aromatic carbocycles. The molecule has 0 unspecified atom stereocenters. The molecule has 0 saturated heterocycles. The molecule has 6 heteroatoms. The van der Waals surface area contributed by atoms with E-state index in [1.54, 1.807) is 17.5 Å². The minimum absolute atomic E-state index is 0.255. The summed E-state index contributed by atoms with van der Waals surface area (Å²) in [7, 11) is 0. The maximum atomic E-state index is 8.78. The zero-order chi connectivity index (χ0) is 13.9. The lowest BCUT2D eigenvalue weighted by Crippen LogP contribution is -2.32. The molecule has 2 aromatic rings. The van der Waals surface area contributed by atoms with E-state index in [-0.39, 0.29) is 11.3 Å². The SMILES string of the molecule is CC(C)(CCn1ccnc1-c1cccs1)C(N)=NO. The molecular weight excluding hydrogens is 260 g/mol. The van der Waals surface area contributed by atoms with Crippen molar-refractivity contribution < 1.29 is 5.21 Å². The average molecular weight is 278 g/mol. The second kappa shape index (κ2) is 5.44. The summed E-state index contributed by atoms with van der Waals surface area (Å²) in [5, 5.41) is 13.9. The Labute approximate surface area is 116 Å². The number of thiophene rings is 1. The number of oxime groups is 1. The Balaban J connectivity index is 2.12. The van der Waals surface area contributed by atoms with E-state index in [1.165, 1.54) is 0 Å². The molecule has 3 N–H and O–H groups in total. The van der Waals surface area contributed by atoms with Gasteiger partial charge in [-0.05, 0) is 17.9 Å². The maximum Gasteiger partial charge on any atom is 0.149 e. The summed E-state index contributed by atoms with van der Waals surface area (Å²) >= 11 is 1.67. The highest BCUT2D eigenvalue weighted by atomic mass is 32.1. The summed E-state index contributed by atoms with van der Waals surface area (Å²) in [5.41, 5.74) is 5.36. The summed E-state index contributed by atoms with van der Waals surface area (Å²) < 4.78 is 2.10. The van der Waals surface area contributed by atoms with Gasteiger partial charge in [-0.15, -0.1) is 11.3 Å². The van der Waals surface area contributed by atoms with Crippen LogP contribution in [0.4, 0.5) is 0 Å². The Bertz CT molecular complexity index is 557. The Hall–Kier alpha value is -1.82. The van der Waals surface area contributed by atoms with Gasteiger partial charge in [0.2, 0.25) is 0 Å². The summed E-state index contributed by atoms with van der Waals surface area (Å²) in [6, 6.07) is 4.07. The van der Waals surface area contributed by atoms with Crippen LogP contribution in [0.5, 0.6) is 0 Å². The second-order valence-corrected chi connectivity index (χ2v) is 5.99. The first-order valence-electron chi connectivity index (χ1n) is 6.07. The third-order valence-corrected chi connectivity index (χ3v) is 4.10. The number of rotatable bonds is 5. The van der Waals surface area contributed by atoms with Gasteiger partial charge >= 0.3 is 0 Å². The van der Waals surface area contributed by atoms with Crippen LogP contribution in [0.1, 0.15) is 20.3 Å². The Morgan fingerprint density at radius 1 is 1.58 bits per heavy atom. The zero-order valence-electron chi connectivity index (χ0n) is 11.1. The molecule has 5 nitrogen and oxygen atoms in total. The van der Waals surface area contributed by atoms with Crippen LogP contribution in [0.3, 0.4) is 0 Å². The van der Waals surface area contributed by atoms with Crippen LogP contribution < -0.4 is 5.73 Å². The van der Waals surface area contributed by atoms with Crippen molar-refractivity contribution in [3.8, 4) is 10.7 Å². The number of amidine groups is 1. The van der Waals surface area contributed by atoms with Gasteiger partial charge in [-0.25, -0.2) is 4.98 Å². The van der Waals surface area contributed by atoms with Crippen LogP contribution in [-0.4, -0.2) is 20.6 Å². The number of aryl methyl sites for hydroxylation is 1. The normalized spacial score (nSPS) is 12.8. The molecule has 0 aliphatic carbocycles. The minimum atomic E-state index is -0.342. The highest BCUT2D eigenvalue weighted by Gasteiger charge is 2.23. The molecule has 2 rings (SSSR count). The standard InChI is InChI=1S/C13H18N4OS/c1-13(2,12(14)16-18)5-7-17-8-6-15-11(17)10-4-3-9-19-10/h3-4,6,8-9,18H,5,7H2,1-2H3,(H2,14,16). The van der Waals surface area contributed by atoms with Crippen LogP contribution in [-0.2, 0) is 6.54 Å². The van der Waals surface area contributed by atoms with Gasteiger partial charge in [0.15, 0.2) is 0 Å². The fourth-order valence-corrected chi connectivity index (χ4v) is 2.52.